The van der Waals surface area contributed by atoms with Crippen LogP contribution in [-0.4, -0.2) is 53.6 Å². The minimum absolute atomic E-state index is 0.101. The molecule has 7 heteroatoms. The molecule has 2 aromatic rings. The van der Waals surface area contributed by atoms with Crippen molar-refractivity contribution in [2.45, 2.75) is 25.5 Å². The summed E-state index contributed by atoms with van der Waals surface area (Å²) in [7, 11) is 1.69. The molecule has 1 aliphatic rings. The Labute approximate surface area is 147 Å². The fourth-order valence-electron chi connectivity index (χ4n) is 2.87. The van der Waals surface area contributed by atoms with Gasteiger partial charge in [-0.3, -0.25) is 4.68 Å². The Balaban J connectivity index is 1.51. The number of likely N-dealkylation sites (tertiary alicyclic amines) is 1. The third-order valence-corrected chi connectivity index (χ3v) is 4.23. The van der Waals surface area contributed by atoms with E-state index in [4.69, 9.17) is 9.47 Å². The molecule has 1 fully saturated rings. The van der Waals surface area contributed by atoms with Crippen LogP contribution >= 0.6 is 0 Å². The average Bonchev–Trinajstić information content (AvgIpc) is 3.15. The van der Waals surface area contributed by atoms with Crippen LogP contribution in [0.25, 0.3) is 0 Å². The molecule has 0 unspecified atom stereocenters. The first-order valence-electron chi connectivity index (χ1n) is 8.53. The van der Waals surface area contributed by atoms with Crippen molar-refractivity contribution in [3.63, 3.8) is 0 Å². The average molecular weight is 344 g/mol. The van der Waals surface area contributed by atoms with Crippen LogP contribution in [0.2, 0.25) is 0 Å². The summed E-state index contributed by atoms with van der Waals surface area (Å²) in [4.78, 5) is 14.2. The molecule has 1 aliphatic heterocycles. The van der Waals surface area contributed by atoms with Crippen molar-refractivity contribution in [3.8, 4) is 5.75 Å². The quantitative estimate of drug-likeness (QED) is 0.875. The number of methoxy groups -OCH3 is 1. The highest BCUT2D eigenvalue weighted by atomic mass is 16.5. The van der Waals surface area contributed by atoms with Crippen molar-refractivity contribution in [1.82, 2.24) is 14.7 Å². The van der Waals surface area contributed by atoms with Crippen LogP contribution in [0, 0.1) is 0 Å². The van der Waals surface area contributed by atoms with Crippen LogP contribution in [0.4, 0.5) is 10.5 Å². The van der Waals surface area contributed by atoms with Crippen molar-refractivity contribution in [2.75, 3.05) is 32.1 Å². The van der Waals surface area contributed by atoms with E-state index in [1.165, 1.54) is 0 Å². The van der Waals surface area contributed by atoms with Crippen molar-refractivity contribution in [3.05, 3.63) is 42.7 Å². The highest BCUT2D eigenvalue weighted by Crippen LogP contribution is 2.19. The van der Waals surface area contributed by atoms with Gasteiger partial charge in [-0.1, -0.05) is 6.07 Å². The van der Waals surface area contributed by atoms with Crippen molar-refractivity contribution >= 4 is 11.7 Å². The number of piperidine rings is 1. The summed E-state index contributed by atoms with van der Waals surface area (Å²) in [6, 6.07) is 9.21. The number of ether oxygens (including phenoxy) is 2. The highest BCUT2D eigenvalue weighted by Gasteiger charge is 2.23. The zero-order chi connectivity index (χ0) is 17.5. The molecule has 7 nitrogen and oxygen atoms in total. The van der Waals surface area contributed by atoms with Gasteiger partial charge in [-0.25, -0.2) is 4.79 Å². The molecular weight excluding hydrogens is 320 g/mol. The van der Waals surface area contributed by atoms with Gasteiger partial charge in [0.05, 0.1) is 12.6 Å². The topological polar surface area (TPSA) is 68.6 Å². The number of nitrogens with one attached hydrogen (secondary N) is 1. The summed E-state index contributed by atoms with van der Waals surface area (Å²) in [5.74, 6) is 0.721. The predicted molar refractivity (Wildman–Crippen MR) is 94.8 cm³/mol. The van der Waals surface area contributed by atoms with Crippen molar-refractivity contribution in [1.29, 1.82) is 0 Å². The van der Waals surface area contributed by atoms with Gasteiger partial charge in [0, 0.05) is 44.3 Å². The fourth-order valence-corrected chi connectivity index (χ4v) is 2.87. The summed E-state index contributed by atoms with van der Waals surface area (Å²) >= 11 is 0. The monoisotopic (exact) mass is 344 g/mol. The fraction of sp³-hybridized carbons (Fsp3) is 0.444. The van der Waals surface area contributed by atoms with Gasteiger partial charge in [-0.15, -0.1) is 0 Å². The molecule has 2 heterocycles. The summed E-state index contributed by atoms with van der Waals surface area (Å²) in [5, 5.41) is 7.07. The highest BCUT2D eigenvalue weighted by molar-refractivity contribution is 5.89. The lowest BCUT2D eigenvalue weighted by Gasteiger charge is -2.31. The molecule has 2 amide bonds. The Morgan fingerprint density at radius 1 is 1.40 bits per heavy atom. The number of hydrogen-bond acceptors (Lipinski definition) is 4. The van der Waals surface area contributed by atoms with Crippen LogP contribution in [0.1, 0.15) is 12.8 Å². The Kier molecular flexibility index (Phi) is 5.90. The molecule has 1 atom stereocenters. The van der Waals surface area contributed by atoms with Crippen molar-refractivity contribution < 1.29 is 14.3 Å². The first-order valence-corrected chi connectivity index (χ1v) is 8.53. The van der Waals surface area contributed by atoms with E-state index in [0.717, 1.165) is 30.8 Å². The lowest BCUT2D eigenvalue weighted by Crippen LogP contribution is -2.44. The molecule has 0 saturated carbocycles. The number of hydrogen-bond donors (Lipinski definition) is 1. The minimum atomic E-state index is -0.101. The van der Waals surface area contributed by atoms with Gasteiger partial charge in [0.2, 0.25) is 0 Å². The summed E-state index contributed by atoms with van der Waals surface area (Å²) in [6.45, 7) is 2.57. The molecule has 25 heavy (non-hydrogen) atoms. The minimum Gasteiger partial charge on any atom is -0.492 e. The van der Waals surface area contributed by atoms with Gasteiger partial charge in [-0.2, -0.15) is 5.10 Å². The molecule has 0 radical (unpaired) electrons. The molecule has 1 N–H and O–H groups in total. The van der Waals surface area contributed by atoms with Crippen LogP contribution in [0.5, 0.6) is 5.75 Å². The molecule has 0 bridgehead atoms. The van der Waals surface area contributed by atoms with E-state index < -0.39 is 0 Å². The number of urea groups is 1. The van der Waals surface area contributed by atoms with Crippen LogP contribution < -0.4 is 10.1 Å². The lowest BCUT2D eigenvalue weighted by molar-refractivity contribution is 0.0458. The van der Waals surface area contributed by atoms with Gasteiger partial charge in [0.15, 0.2) is 0 Å². The van der Waals surface area contributed by atoms with Gasteiger partial charge in [0.25, 0.3) is 0 Å². The van der Waals surface area contributed by atoms with Crippen LogP contribution in [-0.2, 0) is 11.3 Å². The van der Waals surface area contributed by atoms with E-state index in [-0.39, 0.29) is 12.1 Å². The molecule has 0 aliphatic carbocycles. The number of rotatable bonds is 6. The maximum atomic E-state index is 12.4. The Bertz CT molecular complexity index is 675. The largest absolute Gasteiger partial charge is 0.492 e. The summed E-state index contributed by atoms with van der Waals surface area (Å²) < 4.78 is 12.9. The number of aromatic nitrogens is 2. The van der Waals surface area contributed by atoms with Crippen LogP contribution in [0.3, 0.4) is 0 Å². The third-order valence-electron chi connectivity index (χ3n) is 4.23. The predicted octanol–water partition coefficient (Wildman–Crippen LogP) is 2.60. The Hall–Kier alpha value is -2.54. The van der Waals surface area contributed by atoms with E-state index in [2.05, 4.69) is 10.4 Å². The van der Waals surface area contributed by atoms with Crippen molar-refractivity contribution in [2.24, 2.45) is 0 Å². The van der Waals surface area contributed by atoms with E-state index in [0.29, 0.717) is 19.7 Å². The standard InChI is InChI=1S/C18H24N4O3/c1-24-17-7-3-9-21(14-17)18(23)20-15-5-2-6-16(13-15)25-12-11-22-10-4-8-19-22/h2,4-6,8,10,13,17H,3,7,9,11-12,14H2,1H3,(H,20,23)/t17-/m0/s1. The summed E-state index contributed by atoms with van der Waals surface area (Å²) in [6.07, 6.45) is 5.72. The van der Waals surface area contributed by atoms with E-state index in [1.54, 1.807) is 18.2 Å². The Morgan fingerprint density at radius 2 is 2.32 bits per heavy atom. The second kappa shape index (κ2) is 8.53. The van der Waals surface area contributed by atoms with Gasteiger partial charge in [-0.05, 0) is 31.0 Å². The number of benzene rings is 1. The molecular formula is C18H24N4O3. The second-order valence-corrected chi connectivity index (χ2v) is 6.02. The third kappa shape index (κ3) is 4.96. The van der Waals surface area contributed by atoms with E-state index >= 15 is 0 Å². The van der Waals surface area contributed by atoms with E-state index in [1.807, 2.05) is 41.2 Å². The maximum Gasteiger partial charge on any atom is 0.321 e. The van der Waals surface area contributed by atoms with Gasteiger partial charge >= 0.3 is 6.03 Å². The zero-order valence-electron chi connectivity index (χ0n) is 14.4. The normalized spacial score (nSPS) is 17.3. The molecule has 1 saturated heterocycles. The lowest BCUT2D eigenvalue weighted by atomic mass is 10.1. The Morgan fingerprint density at radius 3 is 3.12 bits per heavy atom. The van der Waals surface area contributed by atoms with E-state index in [9.17, 15) is 4.79 Å². The molecule has 1 aromatic heterocycles. The first-order chi connectivity index (χ1) is 12.2. The smallest absolute Gasteiger partial charge is 0.321 e. The number of amides is 2. The second-order valence-electron chi connectivity index (χ2n) is 6.02. The number of anilines is 1. The van der Waals surface area contributed by atoms with Gasteiger partial charge < -0.3 is 19.7 Å². The number of nitrogens with zero attached hydrogens (tertiary/aromatic N) is 3. The van der Waals surface area contributed by atoms with Gasteiger partial charge in [0.1, 0.15) is 12.4 Å². The SMILES string of the molecule is CO[C@H]1CCCN(C(=O)Nc2cccc(OCCn3cccn3)c2)C1. The molecule has 1 aromatic carbocycles. The first kappa shape index (κ1) is 17.3. The molecule has 134 valence electrons. The number of carbonyl (C=O) groups excluding carboxylic acids is 1. The van der Waals surface area contributed by atoms with Crippen LogP contribution in [0.15, 0.2) is 42.7 Å². The molecule has 3 rings (SSSR count). The molecule has 0 spiro atoms. The number of carbonyl (C=O) groups is 1. The summed E-state index contributed by atoms with van der Waals surface area (Å²) in [5.41, 5.74) is 0.723. The maximum absolute atomic E-state index is 12.4. The zero-order valence-corrected chi connectivity index (χ0v) is 14.4.